The number of allylic oxidation sites excluding steroid dienone is 20. The Bertz CT molecular complexity index is 2610. The Morgan fingerprint density at radius 2 is 0.611 bits per heavy atom. The average molecular weight is 955 g/mol. The second kappa shape index (κ2) is 27.4. The van der Waals surface area contributed by atoms with E-state index in [0.717, 1.165) is 37.1 Å². The maximum atomic E-state index is 4.45. The van der Waals surface area contributed by atoms with E-state index in [0.29, 0.717) is 0 Å². The first-order valence-corrected chi connectivity index (χ1v) is 26.3. The number of nitrogens with zero attached hydrogens (tertiary/aromatic N) is 2. The number of fused-ring (bicyclic) bond motifs is 4. The third-order valence-electron chi connectivity index (χ3n) is 13.2. The summed E-state index contributed by atoms with van der Waals surface area (Å²) in [7, 11) is 0. The molecule has 0 unspecified atom stereocenters. The van der Waals surface area contributed by atoms with Crippen LogP contribution in [0.4, 0.5) is 0 Å². The van der Waals surface area contributed by atoms with Crippen molar-refractivity contribution in [3.8, 4) is 0 Å². The number of hydrogen-bond acceptors (Lipinski definition) is 2. The zero-order chi connectivity index (χ0) is 52.5. The minimum absolute atomic E-state index is 1.04. The summed E-state index contributed by atoms with van der Waals surface area (Å²) in [5, 5.41) is 0. The van der Waals surface area contributed by atoms with Crippen LogP contribution in [0.1, 0.15) is 176 Å². The van der Waals surface area contributed by atoms with Crippen molar-refractivity contribution in [3.63, 3.8) is 0 Å². The lowest BCUT2D eigenvalue weighted by molar-refractivity contribution is 1.04. The Morgan fingerprint density at radius 3 is 0.889 bits per heavy atom. The molecule has 8 aliphatic carbocycles. The number of benzene rings is 2. The Morgan fingerprint density at radius 1 is 0.292 bits per heavy atom. The van der Waals surface area contributed by atoms with E-state index < -0.39 is 0 Å². The van der Waals surface area contributed by atoms with E-state index in [-0.39, 0.29) is 0 Å². The van der Waals surface area contributed by atoms with Gasteiger partial charge in [0.25, 0.3) is 0 Å². The zero-order valence-electron chi connectivity index (χ0n) is 47.3. The second-order valence-electron chi connectivity index (χ2n) is 21.7. The van der Waals surface area contributed by atoms with Crippen LogP contribution in [0.25, 0.3) is 24.3 Å². The minimum Gasteiger partial charge on any atom is -0.257 e. The van der Waals surface area contributed by atoms with Gasteiger partial charge in [0.1, 0.15) is 0 Å². The lowest BCUT2D eigenvalue weighted by atomic mass is 10.1. The largest absolute Gasteiger partial charge is 0.257 e. The Hall–Kier alpha value is -6.38. The van der Waals surface area contributed by atoms with E-state index in [4.69, 9.17) is 0 Å². The smallest absolute Gasteiger partial charge is 0.0519 e. The van der Waals surface area contributed by atoms with Crippen molar-refractivity contribution in [3.05, 3.63) is 243 Å². The van der Waals surface area contributed by atoms with Crippen LogP contribution in [0.5, 0.6) is 0 Å². The SMILES string of the molecule is CC1=CC=C(C)C1.CC1=CC=C(C)C1.CC1=CCC(C)=C1.CC1=CCC(C)=C1.CC1=Cc2ccc(C)cc2C1.CC1=Cc2ccc(C)cc2C1.CC1=Cc2ccc(C)nc2C1.CC1=Cc2ccc(C)nc2C1. The van der Waals surface area contributed by atoms with Crippen molar-refractivity contribution in [1.82, 2.24) is 9.97 Å². The maximum absolute atomic E-state index is 4.45. The molecular formula is C70H86N2. The van der Waals surface area contributed by atoms with Crippen LogP contribution >= 0.6 is 0 Å². The first-order valence-electron chi connectivity index (χ1n) is 26.3. The molecular weight excluding hydrogens is 869 g/mol. The minimum atomic E-state index is 1.04. The Labute approximate surface area is 437 Å². The molecule has 0 atom stereocenters. The fraction of sp³-hybridized carbons (Fsp3) is 0.343. The molecule has 2 aromatic carbocycles. The molecule has 0 fully saturated rings. The van der Waals surface area contributed by atoms with Crippen LogP contribution in [0.2, 0.25) is 0 Å². The summed E-state index contributed by atoms with van der Waals surface area (Å²) in [6.45, 7) is 34.3. The van der Waals surface area contributed by atoms with Crippen molar-refractivity contribution in [1.29, 1.82) is 0 Å². The molecule has 2 aromatic heterocycles. The van der Waals surface area contributed by atoms with E-state index >= 15 is 0 Å². The quantitative estimate of drug-likeness (QED) is 0.176. The molecule has 4 aromatic rings. The average Bonchev–Trinajstić information content (AvgIpc) is 4.21. The van der Waals surface area contributed by atoms with Crippen LogP contribution in [0, 0.1) is 27.7 Å². The molecule has 0 radical (unpaired) electrons. The van der Waals surface area contributed by atoms with Crippen molar-refractivity contribution in [2.24, 2.45) is 0 Å². The third-order valence-corrected chi connectivity index (χ3v) is 13.2. The molecule has 2 heteroatoms. The van der Waals surface area contributed by atoms with Crippen molar-refractivity contribution < 1.29 is 0 Å². The molecule has 0 saturated heterocycles. The van der Waals surface area contributed by atoms with Gasteiger partial charge in [-0.05, 0) is 195 Å². The first-order chi connectivity index (χ1) is 34.2. The lowest BCUT2D eigenvalue weighted by Crippen LogP contribution is -1.90. The highest BCUT2D eigenvalue weighted by Crippen LogP contribution is 2.27. The van der Waals surface area contributed by atoms with E-state index in [1.54, 1.807) is 0 Å². The summed E-state index contributed by atoms with van der Waals surface area (Å²) in [5.41, 5.74) is 33.4. The number of pyridine rings is 2. The fourth-order valence-electron chi connectivity index (χ4n) is 9.58. The van der Waals surface area contributed by atoms with Gasteiger partial charge in [-0.3, -0.25) is 9.97 Å². The Kier molecular flexibility index (Phi) is 21.5. The lowest BCUT2D eigenvalue weighted by Gasteiger charge is -1.98. The van der Waals surface area contributed by atoms with Crippen LogP contribution in [-0.2, 0) is 25.7 Å². The van der Waals surface area contributed by atoms with Crippen LogP contribution in [0.15, 0.2) is 176 Å². The van der Waals surface area contributed by atoms with Gasteiger partial charge in [-0.15, -0.1) is 0 Å². The summed E-state index contributed by atoms with van der Waals surface area (Å²) in [6, 6.07) is 21.7. The van der Waals surface area contributed by atoms with E-state index in [9.17, 15) is 0 Å². The highest BCUT2D eigenvalue weighted by molar-refractivity contribution is 5.65. The highest BCUT2D eigenvalue weighted by Gasteiger charge is 2.12. The normalized spacial score (nSPS) is 16.3. The molecule has 0 bridgehead atoms. The number of aryl methyl sites for hydroxylation is 4. The van der Waals surface area contributed by atoms with Crippen LogP contribution in [0.3, 0.4) is 0 Å². The summed E-state index contributed by atoms with van der Waals surface area (Å²) in [5.74, 6) is 0. The van der Waals surface area contributed by atoms with Crippen molar-refractivity contribution in [2.45, 2.75) is 162 Å². The topological polar surface area (TPSA) is 25.8 Å². The second-order valence-corrected chi connectivity index (χ2v) is 21.7. The van der Waals surface area contributed by atoms with Gasteiger partial charge in [0.2, 0.25) is 0 Å². The predicted octanol–water partition coefficient (Wildman–Crippen LogP) is 19.7. The summed E-state index contributed by atoms with van der Waals surface area (Å²) < 4.78 is 0. The predicted molar refractivity (Wildman–Crippen MR) is 318 cm³/mol. The molecule has 376 valence electrons. The molecule has 0 saturated carbocycles. The van der Waals surface area contributed by atoms with Gasteiger partial charge in [-0.1, -0.05) is 199 Å². The Balaban J connectivity index is 0.000000154. The standard InChI is InChI=1S/2C11H12.2C10H11N.4C7H10/c2*1-8-3-4-10-6-9(2)7-11(10)5-8;2*1-7-5-9-4-3-8(2)11-10(9)6-7;4*1-6-3-4-7(2)5-6/h2*3-6H,7H2,1-2H3;2*3-5H,6H2,1-2H3;2*3,5H,4H2,1-2H3;2*3-4H,5H2,1-2H3. The van der Waals surface area contributed by atoms with Gasteiger partial charge in [0, 0.05) is 24.2 Å². The van der Waals surface area contributed by atoms with Gasteiger partial charge in [-0.2, -0.15) is 0 Å². The number of aromatic nitrogens is 2. The highest BCUT2D eigenvalue weighted by atomic mass is 14.7. The molecule has 8 aliphatic rings. The molecule has 2 nitrogen and oxygen atoms in total. The van der Waals surface area contributed by atoms with E-state index in [1.165, 1.54) is 148 Å². The summed E-state index contributed by atoms with van der Waals surface area (Å²) in [6.07, 6.45) is 35.7. The molecule has 12 rings (SSSR count). The van der Waals surface area contributed by atoms with Crippen molar-refractivity contribution in [2.75, 3.05) is 0 Å². The molecule has 0 aliphatic heterocycles. The number of rotatable bonds is 0. The van der Waals surface area contributed by atoms with Crippen LogP contribution < -0.4 is 0 Å². The molecule has 0 N–H and O–H groups in total. The molecule has 2 heterocycles. The third kappa shape index (κ3) is 19.3. The van der Waals surface area contributed by atoms with Gasteiger partial charge in [-0.25, -0.2) is 0 Å². The van der Waals surface area contributed by atoms with E-state index in [1.807, 2.05) is 13.8 Å². The van der Waals surface area contributed by atoms with Crippen LogP contribution in [-0.4, -0.2) is 9.97 Å². The molecule has 0 amide bonds. The fourth-order valence-corrected chi connectivity index (χ4v) is 9.58. The number of hydrogen-bond donors (Lipinski definition) is 0. The molecule has 72 heavy (non-hydrogen) atoms. The zero-order valence-corrected chi connectivity index (χ0v) is 47.3. The summed E-state index contributed by atoms with van der Waals surface area (Å²) in [4.78, 5) is 8.90. The monoisotopic (exact) mass is 955 g/mol. The van der Waals surface area contributed by atoms with E-state index in [2.05, 4.69) is 240 Å². The first kappa shape index (κ1) is 56.5. The van der Waals surface area contributed by atoms with Gasteiger partial charge < -0.3 is 0 Å². The molecule has 0 spiro atoms. The maximum Gasteiger partial charge on any atom is 0.0519 e. The van der Waals surface area contributed by atoms with Gasteiger partial charge >= 0.3 is 0 Å². The van der Waals surface area contributed by atoms with Gasteiger partial charge in [0.15, 0.2) is 0 Å². The van der Waals surface area contributed by atoms with Gasteiger partial charge in [0.05, 0.1) is 11.4 Å². The summed E-state index contributed by atoms with van der Waals surface area (Å²) >= 11 is 0. The van der Waals surface area contributed by atoms with Crippen molar-refractivity contribution >= 4 is 24.3 Å².